The fourth-order valence-electron chi connectivity index (χ4n) is 5.31. The van der Waals surface area contributed by atoms with Crippen LogP contribution in [-0.2, 0) is 14.3 Å². The SMILES string of the molecule is COc1cc2c(cc1OCCCN1CCN(C(=O)CCOCCOCCN)CC1)ncc1c3ccc(C#N)cc3[nH]c21. The van der Waals surface area contributed by atoms with E-state index in [1.165, 1.54) is 0 Å². The van der Waals surface area contributed by atoms with E-state index in [2.05, 4.69) is 16.0 Å². The zero-order valence-corrected chi connectivity index (χ0v) is 24.1. The average molecular weight is 575 g/mol. The van der Waals surface area contributed by atoms with Gasteiger partial charge in [-0.2, -0.15) is 5.26 Å². The van der Waals surface area contributed by atoms with Gasteiger partial charge in [-0.25, -0.2) is 0 Å². The van der Waals surface area contributed by atoms with E-state index < -0.39 is 0 Å². The molecule has 0 unspecified atom stereocenters. The van der Waals surface area contributed by atoms with Crippen LogP contribution in [0.4, 0.5) is 0 Å². The molecule has 42 heavy (non-hydrogen) atoms. The molecule has 5 rings (SSSR count). The molecule has 1 saturated heterocycles. The summed E-state index contributed by atoms with van der Waals surface area (Å²) in [6.07, 6.45) is 3.10. The second kappa shape index (κ2) is 14.3. The Morgan fingerprint density at radius 2 is 1.81 bits per heavy atom. The second-order valence-electron chi connectivity index (χ2n) is 10.3. The Bertz CT molecular complexity index is 1560. The van der Waals surface area contributed by atoms with Gasteiger partial charge in [0.2, 0.25) is 5.91 Å². The summed E-state index contributed by atoms with van der Waals surface area (Å²) in [5.41, 5.74) is 8.64. The van der Waals surface area contributed by atoms with Gasteiger partial charge >= 0.3 is 0 Å². The Balaban J connectivity index is 1.09. The minimum absolute atomic E-state index is 0.134. The quantitative estimate of drug-likeness (QED) is 0.218. The lowest BCUT2D eigenvalue weighted by Crippen LogP contribution is -2.49. The molecule has 1 aliphatic rings. The lowest BCUT2D eigenvalue weighted by molar-refractivity contribution is -0.134. The van der Waals surface area contributed by atoms with Gasteiger partial charge in [0.25, 0.3) is 0 Å². The number of nitrogens with two attached hydrogens (primary N) is 1. The summed E-state index contributed by atoms with van der Waals surface area (Å²) in [5, 5.41) is 12.2. The molecule has 2 aromatic heterocycles. The Morgan fingerprint density at radius 1 is 1.00 bits per heavy atom. The molecule has 0 aliphatic carbocycles. The van der Waals surface area contributed by atoms with Crippen molar-refractivity contribution in [2.75, 3.05) is 79.4 Å². The van der Waals surface area contributed by atoms with Crippen molar-refractivity contribution in [2.24, 2.45) is 5.73 Å². The summed E-state index contributed by atoms with van der Waals surface area (Å²) in [7, 11) is 1.64. The smallest absolute Gasteiger partial charge is 0.224 e. The van der Waals surface area contributed by atoms with E-state index >= 15 is 0 Å². The number of hydrogen-bond acceptors (Lipinski definition) is 9. The number of nitriles is 1. The van der Waals surface area contributed by atoms with Crippen LogP contribution in [-0.4, -0.2) is 105 Å². The predicted molar refractivity (Wildman–Crippen MR) is 161 cm³/mol. The van der Waals surface area contributed by atoms with Crippen molar-refractivity contribution in [3.63, 3.8) is 0 Å². The van der Waals surface area contributed by atoms with Crippen molar-refractivity contribution in [2.45, 2.75) is 12.8 Å². The third-order valence-corrected chi connectivity index (χ3v) is 7.55. The summed E-state index contributed by atoms with van der Waals surface area (Å²) in [4.78, 5) is 24.9. The van der Waals surface area contributed by atoms with Gasteiger partial charge in [-0.1, -0.05) is 6.07 Å². The highest BCUT2D eigenvalue weighted by atomic mass is 16.5. The molecule has 1 amide bonds. The van der Waals surface area contributed by atoms with E-state index in [0.717, 1.165) is 71.9 Å². The van der Waals surface area contributed by atoms with E-state index in [1.54, 1.807) is 7.11 Å². The molecule has 1 aliphatic heterocycles. The molecule has 2 aromatic carbocycles. The first-order valence-corrected chi connectivity index (χ1v) is 14.4. The molecular weight excluding hydrogens is 536 g/mol. The van der Waals surface area contributed by atoms with Crippen molar-refractivity contribution < 1.29 is 23.7 Å². The maximum Gasteiger partial charge on any atom is 0.224 e. The van der Waals surface area contributed by atoms with Crippen LogP contribution in [0.5, 0.6) is 11.5 Å². The molecule has 0 radical (unpaired) electrons. The number of carbonyl (C=O) groups excluding carboxylic acids is 1. The van der Waals surface area contributed by atoms with E-state index in [4.69, 9.17) is 29.7 Å². The molecule has 4 aromatic rings. The fraction of sp³-hybridized carbons (Fsp3) is 0.452. The number of aromatic nitrogens is 2. The molecule has 0 spiro atoms. The summed E-state index contributed by atoms with van der Waals surface area (Å²) in [6.45, 7) is 6.98. The van der Waals surface area contributed by atoms with Gasteiger partial charge in [0.05, 0.1) is 69.2 Å². The van der Waals surface area contributed by atoms with Crippen LogP contribution in [0.2, 0.25) is 0 Å². The van der Waals surface area contributed by atoms with Crippen LogP contribution in [0, 0.1) is 11.3 Å². The number of methoxy groups -OCH3 is 1. The lowest BCUT2D eigenvalue weighted by Gasteiger charge is -2.34. The predicted octanol–water partition coefficient (Wildman–Crippen LogP) is 3.04. The summed E-state index contributed by atoms with van der Waals surface area (Å²) in [5.74, 6) is 1.44. The van der Waals surface area contributed by atoms with Crippen molar-refractivity contribution in [1.29, 1.82) is 5.26 Å². The van der Waals surface area contributed by atoms with Crippen LogP contribution in [0.15, 0.2) is 36.5 Å². The Morgan fingerprint density at radius 3 is 2.57 bits per heavy atom. The van der Waals surface area contributed by atoms with E-state index in [0.29, 0.717) is 63.1 Å². The molecule has 0 bridgehead atoms. The van der Waals surface area contributed by atoms with E-state index in [-0.39, 0.29) is 5.91 Å². The van der Waals surface area contributed by atoms with Crippen LogP contribution >= 0.6 is 0 Å². The summed E-state index contributed by atoms with van der Waals surface area (Å²) in [6, 6.07) is 11.7. The lowest BCUT2D eigenvalue weighted by atomic mass is 10.1. The standard InChI is InChI=1S/C31H38N6O5/c1-39-28-18-24-26(34-21-25-23-4-3-22(20-33)17-27(23)35-31(24)25)19-29(28)42-12-2-7-36-8-10-37(11-9-36)30(38)5-13-40-15-16-41-14-6-32/h3-4,17-19,21,35H,2,5-16,32H2,1H3. The van der Waals surface area contributed by atoms with Crippen molar-refractivity contribution in [3.8, 4) is 17.6 Å². The maximum absolute atomic E-state index is 12.5. The number of benzene rings is 2. The first-order chi connectivity index (χ1) is 20.6. The van der Waals surface area contributed by atoms with Crippen LogP contribution in [0.25, 0.3) is 32.7 Å². The number of ether oxygens (including phenoxy) is 4. The number of carbonyl (C=O) groups is 1. The highest BCUT2D eigenvalue weighted by molar-refractivity contribution is 6.16. The van der Waals surface area contributed by atoms with Gasteiger partial charge in [0.1, 0.15) is 0 Å². The number of fused-ring (bicyclic) bond motifs is 5. The number of piperazine rings is 1. The van der Waals surface area contributed by atoms with Gasteiger partial charge in [-0.05, 0) is 24.6 Å². The van der Waals surface area contributed by atoms with Gasteiger partial charge in [-0.3, -0.25) is 14.7 Å². The molecule has 1 fully saturated rings. The Kier molecular flexibility index (Phi) is 10.0. The van der Waals surface area contributed by atoms with Crippen molar-refractivity contribution in [1.82, 2.24) is 19.8 Å². The molecule has 222 valence electrons. The highest BCUT2D eigenvalue weighted by Gasteiger charge is 2.21. The molecule has 3 N–H and O–H groups in total. The minimum Gasteiger partial charge on any atom is -0.493 e. The zero-order chi connectivity index (χ0) is 29.3. The molecule has 0 saturated carbocycles. The summed E-state index contributed by atoms with van der Waals surface area (Å²) >= 11 is 0. The third kappa shape index (κ3) is 6.91. The Hall–Kier alpha value is -3.95. The molecule has 0 atom stereocenters. The maximum atomic E-state index is 12.5. The number of nitrogens with one attached hydrogen (secondary N) is 1. The van der Waals surface area contributed by atoms with Crippen molar-refractivity contribution in [3.05, 3.63) is 42.1 Å². The van der Waals surface area contributed by atoms with Crippen molar-refractivity contribution >= 4 is 38.6 Å². The van der Waals surface area contributed by atoms with E-state index in [9.17, 15) is 10.1 Å². The fourth-order valence-corrected chi connectivity index (χ4v) is 5.31. The molecule has 11 heteroatoms. The van der Waals surface area contributed by atoms with Crippen LogP contribution < -0.4 is 15.2 Å². The normalized spacial score (nSPS) is 14.1. The number of H-pyrrole nitrogens is 1. The monoisotopic (exact) mass is 574 g/mol. The number of hydrogen-bond donors (Lipinski definition) is 2. The van der Waals surface area contributed by atoms with Gasteiger partial charge in [0.15, 0.2) is 11.5 Å². The molecule has 3 heterocycles. The first-order valence-electron chi connectivity index (χ1n) is 14.4. The van der Waals surface area contributed by atoms with Gasteiger partial charge in [0, 0.05) is 73.2 Å². The number of nitrogens with zero attached hydrogens (tertiary/aromatic N) is 4. The molecular formula is C31H38N6O5. The Labute approximate surface area is 245 Å². The van der Waals surface area contributed by atoms with Crippen LogP contribution in [0.1, 0.15) is 18.4 Å². The van der Waals surface area contributed by atoms with Gasteiger partial charge < -0.3 is 34.6 Å². The van der Waals surface area contributed by atoms with E-state index in [1.807, 2.05) is 41.4 Å². The number of amides is 1. The third-order valence-electron chi connectivity index (χ3n) is 7.55. The largest absolute Gasteiger partial charge is 0.493 e. The summed E-state index contributed by atoms with van der Waals surface area (Å²) < 4.78 is 22.6. The highest BCUT2D eigenvalue weighted by Crippen LogP contribution is 2.37. The van der Waals surface area contributed by atoms with Crippen LogP contribution in [0.3, 0.4) is 0 Å². The average Bonchev–Trinajstić information content (AvgIpc) is 3.40. The number of rotatable bonds is 14. The number of pyridine rings is 1. The topological polar surface area (TPSA) is 139 Å². The second-order valence-corrected chi connectivity index (χ2v) is 10.3. The van der Waals surface area contributed by atoms with Gasteiger partial charge in [-0.15, -0.1) is 0 Å². The number of aromatic amines is 1. The molecule has 11 nitrogen and oxygen atoms in total. The minimum atomic E-state index is 0.134. The first kappa shape index (κ1) is 29.5. The zero-order valence-electron chi connectivity index (χ0n) is 24.1.